The second-order valence-electron chi connectivity index (χ2n) is 7.70. The van der Waals surface area contributed by atoms with Crippen LogP contribution in [0.2, 0.25) is 5.02 Å². The summed E-state index contributed by atoms with van der Waals surface area (Å²) in [4.78, 5) is 20.2. The van der Waals surface area contributed by atoms with E-state index in [1.807, 2.05) is 36.5 Å². The van der Waals surface area contributed by atoms with Gasteiger partial charge in [0.25, 0.3) is 5.56 Å². The van der Waals surface area contributed by atoms with Gasteiger partial charge in [0.1, 0.15) is 0 Å². The molecule has 7 nitrogen and oxygen atoms in total. The van der Waals surface area contributed by atoms with E-state index in [0.29, 0.717) is 10.4 Å². The van der Waals surface area contributed by atoms with Crippen molar-refractivity contribution >= 4 is 28.2 Å². The number of pyridine rings is 1. The van der Waals surface area contributed by atoms with Crippen molar-refractivity contribution in [3.8, 4) is 11.1 Å². The third-order valence-electron chi connectivity index (χ3n) is 5.82. The lowest BCUT2D eigenvalue weighted by Crippen LogP contribution is -2.52. The first-order valence-electron chi connectivity index (χ1n) is 10.2. The molecule has 1 fully saturated rings. The number of rotatable bonds is 3. The van der Waals surface area contributed by atoms with Gasteiger partial charge >= 0.3 is 0 Å². The van der Waals surface area contributed by atoms with Crippen LogP contribution in [0.25, 0.3) is 27.7 Å². The lowest BCUT2D eigenvalue weighted by Gasteiger charge is -2.34. The van der Waals surface area contributed by atoms with Gasteiger partial charge in [0, 0.05) is 49.2 Å². The number of nitrogens with zero attached hydrogens (tertiary/aromatic N) is 6. The van der Waals surface area contributed by atoms with E-state index in [-0.39, 0.29) is 5.56 Å². The van der Waals surface area contributed by atoms with Crippen LogP contribution in [0.15, 0.2) is 47.5 Å². The van der Waals surface area contributed by atoms with Crippen LogP contribution in [0.1, 0.15) is 12.6 Å². The molecule has 0 radical (unpaired) electrons. The normalized spacial score (nSPS) is 15.4. The Hall–Kier alpha value is -2.90. The van der Waals surface area contributed by atoms with Crippen LogP contribution in [0.4, 0.5) is 0 Å². The van der Waals surface area contributed by atoms with E-state index in [9.17, 15) is 4.79 Å². The van der Waals surface area contributed by atoms with Gasteiger partial charge in [-0.15, -0.1) is 0 Å². The zero-order chi connectivity index (χ0) is 20.8. The van der Waals surface area contributed by atoms with Crippen LogP contribution in [0.5, 0.6) is 0 Å². The summed E-state index contributed by atoms with van der Waals surface area (Å²) in [6, 6.07) is 9.67. The molecule has 1 aromatic carbocycles. The molecule has 0 N–H and O–H groups in total. The number of aryl methyl sites for hydroxylation is 1. The third-order valence-corrected chi connectivity index (χ3v) is 6.07. The highest BCUT2D eigenvalue weighted by molar-refractivity contribution is 6.30. The first-order chi connectivity index (χ1) is 14.6. The average molecular weight is 423 g/mol. The second-order valence-corrected chi connectivity index (χ2v) is 8.13. The Balaban J connectivity index is 1.68. The van der Waals surface area contributed by atoms with E-state index in [2.05, 4.69) is 28.9 Å². The monoisotopic (exact) mass is 422 g/mol. The molecule has 1 aliphatic rings. The minimum Gasteiger partial charge on any atom is -0.308 e. The minimum atomic E-state index is -0.0620. The highest BCUT2D eigenvalue weighted by Gasteiger charge is 2.20. The van der Waals surface area contributed by atoms with Gasteiger partial charge in [-0.1, -0.05) is 30.7 Å². The summed E-state index contributed by atoms with van der Waals surface area (Å²) in [5.74, 6) is 0. The van der Waals surface area contributed by atoms with Crippen molar-refractivity contribution in [2.75, 3.05) is 38.2 Å². The van der Waals surface area contributed by atoms with Crippen molar-refractivity contribution in [2.24, 2.45) is 0 Å². The molecule has 0 saturated carbocycles. The Labute approximate surface area is 179 Å². The summed E-state index contributed by atoms with van der Waals surface area (Å²) >= 11 is 6.07. The van der Waals surface area contributed by atoms with E-state index in [1.54, 1.807) is 15.4 Å². The van der Waals surface area contributed by atoms with Gasteiger partial charge < -0.3 is 9.91 Å². The third kappa shape index (κ3) is 3.05. The first-order valence-corrected chi connectivity index (χ1v) is 10.6. The molecule has 0 unspecified atom stereocenters. The fourth-order valence-corrected chi connectivity index (χ4v) is 4.22. The lowest BCUT2D eigenvalue weighted by atomic mass is 10.0. The Morgan fingerprint density at radius 2 is 1.80 bits per heavy atom. The van der Waals surface area contributed by atoms with Crippen molar-refractivity contribution < 1.29 is 0 Å². The quantitative estimate of drug-likeness (QED) is 0.508. The van der Waals surface area contributed by atoms with E-state index in [0.717, 1.165) is 60.6 Å². The molecule has 154 valence electrons. The second kappa shape index (κ2) is 7.41. The summed E-state index contributed by atoms with van der Waals surface area (Å²) in [5, 5.41) is 8.15. The topological polar surface area (TPSA) is 58.7 Å². The van der Waals surface area contributed by atoms with E-state index in [4.69, 9.17) is 16.7 Å². The van der Waals surface area contributed by atoms with E-state index < -0.39 is 0 Å². The van der Waals surface area contributed by atoms with Gasteiger partial charge in [0.2, 0.25) is 0 Å². The van der Waals surface area contributed by atoms with Crippen LogP contribution in [0.3, 0.4) is 0 Å². The van der Waals surface area contributed by atoms with Crippen LogP contribution in [-0.2, 0) is 6.42 Å². The minimum absolute atomic E-state index is 0.0620. The summed E-state index contributed by atoms with van der Waals surface area (Å²) in [5.41, 5.74) is 4.40. The van der Waals surface area contributed by atoms with Crippen LogP contribution >= 0.6 is 11.6 Å². The fraction of sp³-hybridized carbons (Fsp3) is 0.318. The molecule has 1 aliphatic heterocycles. The Morgan fingerprint density at radius 3 is 2.50 bits per heavy atom. The van der Waals surface area contributed by atoms with E-state index in [1.165, 1.54) is 0 Å². The Bertz CT molecular complexity index is 1290. The number of likely N-dealkylation sites (N-methyl/N-ethyl adjacent to an activating group) is 1. The molecule has 4 heterocycles. The zero-order valence-electron chi connectivity index (χ0n) is 17.0. The molecular formula is C22H23ClN6O. The summed E-state index contributed by atoms with van der Waals surface area (Å²) in [7, 11) is 2.10. The van der Waals surface area contributed by atoms with E-state index >= 15 is 0 Å². The van der Waals surface area contributed by atoms with Crippen LogP contribution in [0, 0.1) is 0 Å². The summed E-state index contributed by atoms with van der Waals surface area (Å²) < 4.78 is 3.51. The number of hydrogen-bond acceptors (Lipinski definition) is 5. The molecule has 3 aromatic heterocycles. The molecule has 5 rings (SSSR count). The number of benzene rings is 1. The molecule has 0 atom stereocenters. The van der Waals surface area contributed by atoms with Gasteiger partial charge in [0.05, 0.1) is 16.6 Å². The molecule has 0 amide bonds. The number of fused-ring (bicyclic) bond motifs is 3. The van der Waals surface area contributed by atoms with Crippen LogP contribution in [-0.4, -0.2) is 57.4 Å². The predicted octanol–water partition coefficient (Wildman–Crippen LogP) is 2.81. The van der Waals surface area contributed by atoms with Crippen molar-refractivity contribution in [2.45, 2.75) is 13.3 Å². The highest BCUT2D eigenvalue weighted by Crippen LogP contribution is 2.30. The summed E-state index contributed by atoms with van der Waals surface area (Å²) in [6.07, 6.45) is 4.30. The number of hydrogen-bond donors (Lipinski definition) is 0. The van der Waals surface area contributed by atoms with Gasteiger partial charge in [-0.05, 0) is 37.2 Å². The maximum atomic E-state index is 13.2. The number of piperazine rings is 1. The maximum Gasteiger partial charge on any atom is 0.280 e. The molecule has 8 heteroatoms. The highest BCUT2D eigenvalue weighted by atomic mass is 35.5. The molecular weight excluding hydrogens is 400 g/mol. The smallest absolute Gasteiger partial charge is 0.280 e. The van der Waals surface area contributed by atoms with Gasteiger partial charge in [-0.25, -0.2) is 14.2 Å². The molecule has 0 bridgehead atoms. The van der Waals surface area contributed by atoms with Crippen molar-refractivity contribution in [1.82, 2.24) is 24.2 Å². The number of aromatic nitrogens is 4. The van der Waals surface area contributed by atoms with Gasteiger partial charge in [0.15, 0.2) is 5.65 Å². The molecule has 30 heavy (non-hydrogen) atoms. The zero-order valence-corrected chi connectivity index (χ0v) is 17.8. The number of halogens is 1. The van der Waals surface area contributed by atoms with Crippen molar-refractivity contribution in [3.05, 3.63) is 63.8 Å². The van der Waals surface area contributed by atoms with Crippen molar-refractivity contribution in [3.63, 3.8) is 0 Å². The SMILES string of the molecule is CCc1nn2c(ncc3c(=O)n(N4CCN(C)CC4)ccc32)c1-c1ccc(Cl)cc1. The molecule has 0 aliphatic carbocycles. The largest absolute Gasteiger partial charge is 0.308 e. The summed E-state index contributed by atoms with van der Waals surface area (Å²) in [6.45, 7) is 5.58. The first kappa shape index (κ1) is 19.1. The van der Waals surface area contributed by atoms with Crippen molar-refractivity contribution in [1.29, 1.82) is 0 Å². The van der Waals surface area contributed by atoms with Gasteiger partial charge in [-0.2, -0.15) is 5.10 Å². The maximum absolute atomic E-state index is 13.2. The van der Waals surface area contributed by atoms with Gasteiger partial charge in [-0.3, -0.25) is 4.79 Å². The average Bonchev–Trinajstić information content (AvgIpc) is 3.14. The lowest BCUT2D eigenvalue weighted by molar-refractivity contribution is 0.286. The fourth-order valence-electron chi connectivity index (χ4n) is 4.10. The Morgan fingerprint density at radius 1 is 1.07 bits per heavy atom. The van der Waals surface area contributed by atoms with Crippen LogP contribution < -0.4 is 10.6 Å². The molecule has 4 aromatic rings. The molecule has 0 spiro atoms. The Kier molecular flexibility index (Phi) is 4.72. The molecule has 1 saturated heterocycles. The predicted molar refractivity (Wildman–Crippen MR) is 120 cm³/mol. The standard InChI is InChI=1S/C22H23ClN6O/c1-3-18-20(15-4-6-16(23)7-5-15)21-24-14-17-19(29(21)25-18)8-9-28(22(17)30)27-12-10-26(2)11-13-27/h4-9,14H,3,10-13H2,1-2H3.